The Morgan fingerprint density at radius 3 is 2.13 bits per heavy atom. The second kappa shape index (κ2) is 5.79. The molecule has 0 spiro atoms. The molecular weight excluding hydrogens is 182 g/mol. The number of hydrogen-bond donors (Lipinski definition) is 1. The van der Waals surface area contributed by atoms with E-state index in [0.29, 0.717) is 5.92 Å². The fourth-order valence-electron chi connectivity index (χ4n) is 1.37. The highest BCUT2D eigenvalue weighted by Gasteiger charge is 2.13. The lowest BCUT2D eigenvalue weighted by Crippen LogP contribution is -2.35. The van der Waals surface area contributed by atoms with Crippen LogP contribution in [0.15, 0.2) is 36.1 Å². The van der Waals surface area contributed by atoms with Gasteiger partial charge in [0.1, 0.15) is 0 Å². The molecule has 1 nitrogen and oxygen atoms in total. The lowest BCUT2D eigenvalue weighted by Gasteiger charge is -2.26. The van der Waals surface area contributed by atoms with Crippen LogP contribution in [0.3, 0.4) is 0 Å². The second-order valence-electron chi connectivity index (χ2n) is 5.16. The molecule has 0 aliphatic heterocycles. The van der Waals surface area contributed by atoms with E-state index in [-0.39, 0.29) is 5.54 Å². The summed E-state index contributed by atoms with van der Waals surface area (Å²) in [5, 5.41) is 3.41. The first-order valence-electron chi connectivity index (χ1n) is 5.58. The molecular formula is C14H25N. The Morgan fingerprint density at radius 1 is 1.27 bits per heavy atom. The Balaban J connectivity index is 4.73. The predicted molar refractivity (Wildman–Crippen MR) is 69.8 cm³/mol. The van der Waals surface area contributed by atoms with Crippen molar-refractivity contribution in [3.8, 4) is 0 Å². The van der Waals surface area contributed by atoms with Gasteiger partial charge in [-0.2, -0.15) is 0 Å². The predicted octanol–water partition coefficient (Wildman–Crippen LogP) is 4.05. The van der Waals surface area contributed by atoms with E-state index in [2.05, 4.69) is 58.7 Å². The lowest BCUT2D eigenvalue weighted by molar-refractivity contribution is 0.472. The molecule has 0 aromatic carbocycles. The first-order valence-corrected chi connectivity index (χ1v) is 5.58. The van der Waals surface area contributed by atoms with Crippen LogP contribution in [0, 0.1) is 5.92 Å². The van der Waals surface area contributed by atoms with Gasteiger partial charge in [0, 0.05) is 11.2 Å². The third-order valence-electron chi connectivity index (χ3n) is 1.96. The third kappa shape index (κ3) is 6.16. The van der Waals surface area contributed by atoms with Crippen LogP contribution >= 0.6 is 0 Å². The van der Waals surface area contributed by atoms with Crippen molar-refractivity contribution in [2.75, 3.05) is 0 Å². The molecule has 0 radical (unpaired) electrons. The molecule has 0 saturated carbocycles. The van der Waals surface area contributed by atoms with E-state index >= 15 is 0 Å². The minimum atomic E-state index is 0.0704. The highest BCUT2D eigenvalue weighted by molar-refractivity contribution is 5.32. The van der Waals surface area contributed by atoms with Crippen LogP contribution < -0.4 is 5.32 Å². The van der Waals surface area contributed by atoms with Crippen molar-refractivity contribution in [2.45, 2.75) is 47.1 Å². The van der Waals surface area contributed by atoms with Crippen molar-refractivity contribution in [1.82, 2.24) is 5.32 Å². The molecule has 15 heavy (non-hydrogen) atoms. The molecule has 0 fully saturated rings. The quantitative estimate of drug-likeness (QED) is 0.686. The Morgan fingerprint density at radius 2 is 1.80 bits per heavy atom. The van der Waals surface area contributed by atoms with Gasteiger partial charge in [-0.15, -0.1) is 0 Å². The van der Waals surface area contributed by atoms with Gasteiger partial charge in [0.25, 0.3) is 0 Å². The average molecular weight is 207 g/mol. The summed E-state index contributed by atoms with van der Waals surface area (Å²) in [4.78, 5) is 0. The smallest absolute Gasteiger partial charge is 0.0306 e. The molecule has 0 aliphatic carbocycles. The summed E-state index contributed by atoms with van der Waals surface area (Å²) in [6.07, 6.45) is 6.23. The van der Waals surface area contributed by atoms with Gasteiger partial charge in [-0.1, -0.05) is 38.7 Å². The lowest BCUT2D eigenvalue weighted by atomic mass is 9.98. The van der Waals surface area contributed by atoms with E-state index in [9.17, 15) is 0 Å². The fourth-order valence-corrected chi connectivity index (χ4v) is 1.37. The van der Waals surface area contributed by atoms with Crippen LogP contribution in [0.4, 0.5) is 0 Å². The average Bonchev–Trinajstić information content (AvgIpc) is 2.00. The molecule has 0 atom stereocenters. The van der Waals surface area contributed by atoms with Crippen molar-refractivity contribution in [1.29, 1.82) is 0 Å². The SMILES string of the molecule is C=C(NC(C)(C)C)/C(=C/C=C\C)C(C)C. The van der Waals surface area contributed by atoms with Crippen LogP contribution in [0.1, 0.15) is 41.5 Å². The van der Waals surface area contributed by atoms with Gasteiger partial charge in [-0.3, -0.25) is 0 Å². The maximum absolute atomic E-state index is 4.10. The zero-order chi connectivity index (χ0) is 12.1. The number of allylic oxidation sites excluding steroid dienone is 4. The summed E-state index contributed by atoms with van der Waals surface area (Å²) in [5.41, 5.74) is 2.36. The van der Waals surface area contributed by atoms with Gasteiger partial charge in [-0.25, -0.2) is 0 Å². The Hall–Kier alpha value is -0.980. The van der Waals surface area contributed by atoms with Crippen LogP contribution in [-0.4, -0.2) is 5.54 Å². The minimum absolute atomic E-state index is 0.0704. The van der Waals surface area contributed by atoms with Gasteiger partial charge in [-0.05, 0) is 39.2 Å². The van der Waals surface area contributed by atoms with E-state index < -0.39 is 0 Å². The van der Waals surface area contributed by atoms with Gasteiger partial charge in [0.15, 0.2) is 0 Å². The number of hydrogen-bond acceptors (Lipinski definition) is 1. The molecule has 0 rings (SSSR count). The van der Waals surface area contributed by atoms with Gasteiger partial charge in [0.05, 0.1) is 0 Å². The third-order valence-corrected chi connectivity index (χ3v) is 1.96. The first-order chi connectivity index (χ1) is 6.78. The van der Waals surface area contributed by atoms with Crippen molar-refractivity contribution >= 4 is 0 Å². The maximum Gasteiger partial charge on any atom is 0.0306 e. The van der Waals surface area contributed by atoms with Crippen molar-refractivity contribution in [2.24, 2.45) is 5.92 Å². The summed E-state index contributed by atoms with van der Waals surface area (Å²) < 4.78 is 0. The number of nitrogens with one attached hydrogen (secondary N) is 1. The van der Waals surface area contributed by atoms with E-state index in [1.807, 2.05) is 13.0 Å². The fraction of sp³-hybridized carbons (Fsp3) is 0.571. The topological polar surface area (TPSA) is 12.0 Å². The molecule has 0 aromatic heterocycles. The van der Waals surface area contributed by atoms with E-state index in [1.165, 1.54) is 5.57 Å². The summed E-state index contributed by atoms with van der Waals surface area (Å²) in [6.45, 7) is 16.9. The van der Waals surface area contributed by atoms with Crippen molar-refractivity contribution in [3.05, 3.63) is 36.1 Å². The Kier molecular flexibility index (Phi) is 5.41. The first kappa shape index (κ1) is 14.0. The molecule has 1 heteroatoms. The molecule has 0 bridgehead atoms. The molecule has 1 N–H and O–H groups in total. The van der Waals surface area contributed by atoms with Crippen LogP contribution in [0.2, 0.25) is 0 Å². The van der Waals surface area contributed by atoms with Crippen LogP contribution in [0.5, 0.6) is 0 Å². The molecule has 0 unspecified atom stereocenters. The molecule has 0 saturated heterocycles. The molecule has 0 amide bonds. The van der Waals surface area contributed by atoms with E-state index in [4.69, 9.17) is 0 Å². The van der Waals surface area contributed by atoms with E-state index in [0.717, 1.165) is 5.70 Å². The van der Waals surface area contributed by atoms with Gasteiger partial charge >= 0.3 is 0 Å². The highest BCUT2D eigenvalue weighted by atomic mass is 15.0. The van der Waals surface area contributed by atoms with Gasteiger partial charge < -0.3 is 5.32 Å². The maximum atomic E-state index is 4.10. The number of rotatable bonds is 4. The van der Waals surface area contributed by atoms with E-state index in [1.54, 1.807) is 0 Å². The summed E-state index contributed by atoms with van der Waals surface area (Å²) in [5.74, 6) is 0.489. The molecule has 0 aliphatic rings. The molecule has 0 heterocycles. The zero-order valence-corrected chi connectivity index (χ0v) is 11.0. The largest absolute Gasteiger partial charge is 0.381 e. The molecule has 0 aromatic rings. The van der Waals surface area contributed by atoms with Crippen LogP contribution in [0.25, 0.3) is 0 Å². The zero-order valence-electron chi connectivity index (χ0n) is 11.0. The Bertz CT molecular complexity index is 262. The standard InChI is InChI=1S/C14H25N/c1-8-9-10-13(11(2)3)12(4)15-14(5,6)7/h8-11,15H,4H2,1-3,5-7H3/b9-8-,13-10+. The molecule has 86 valence electrons. The second-order valence-corrected chi connectivity index (χ2v) is 5.16. The van der Waals surface area contributed by atoms with Crippen LogP contribution in [-0.2, 0) is 0 Å². The van der Waals surface area contributed by atoms with Crippen molar-refractivity contribution in [3.63, 3.8) is 0 Å². The Labute approximate surface area is 95.0 Å². The monoisotopic (exact) mass is 207 g/mol. The normalized spacial score (nSPS) is 13.7. The minimum Gasteiger partial charge on any atom is -0.381 e. The summed E-state index contributed by atoms with van der Waals surface area (Å²) in [6, 6.07) is 0. The van der Waals surface area contributed by atoms with Crippen molar-refractivity contribution < 1.29 is 0 Å². The highest BCUT2D eigenvalue weighted by Crippen LogP contribution is 2.18. The summed E-state index contributed by atoms with van der Waals surface area (Å²) in [7, 11) is 0. The summed E-state index contributed by atoms with van der Waals surface area (Å²) >= 11 is 0. The van der Waals surface area contributed by atoms with Gasteiger partial charge in [0.2, 0.25) is 0 Å².